The Hall–Kier alpha value is -1.30. The number of anilines is 1. The third kappa shape index (κ3) is 3.68. The molecule has 130 valence electrons. The normalized spacial score (nSPS) is 27.4. The Morgan fingerprint density at radius 3 is 2.79 bits per heavy atom. The van der Waals surface area contributed by atoms with E-state index in [1.165, 1.54) is 0 Å². The van der Waals surface area contributed by atoms with Crippen LogP contribution in [0.5, 0.6) is 0 Å². The zero-order chi connectivity index (χ0) is 17.3. The van der Waals surface area contributed by atoms with Crippen molar-refractivity contribution in [3.8, 4) is 0 Å². The number of carbonyl (C=O) groups is 2. The van der Waals surface area contributed by atoms with Crippen molar-refractivity contribution in [1.29, 1.82) is 0 Å². The van der Waals surface area contributed by atoms with E-state index in [4.69, 9.17) is 23.2 Å². The van der Waals surface area contributed by atoms with Crippen molar-refractivity contribution in [2.24, 2.45) is 5.92 Å². The maximum absolute atomic E-state index is 12.6. The second-order valence-corrected chi connectivity index (χ2v) is 7.33. The van der Waals surface area contributed by atoms with E-state index in [-0.39, 0.29) is 17.7 Å². The molecule has 0 radical (unpaired) electrons. The quantitative estimate of drug-likeness (QED) is 0.860. The highest BCUT2D eigenvalue weighted by Crippen LogP contribution is 2.29. The molecule has 24 heavy (non-hydrogen) atoms. The van der Waals surface area contributed by atoms with Gasteiger partial charge < -0.3 is 15.5 Å². The zero-order valence-electron chi connectivity index (χ0n) is 13.5. The maximum Gasteiger partial charge on any atom is 0.249 e. The third-order valence-corrected chi connectivity index (χ3v) is 5.47. The van der Waals surface area contributed by atoms with Crippen molar-refractivity contribution in [1.82, 2.24) is 10.6 Å². The standard InChI is InChI=1S/C17H21Cl2N3O2/c1-10-8-11(4-6-20-10)16(23)21-15-5-7-22(17(15)24)12-2-3-13(18)14(19)9-12/h2-3,9-11,15,20H,4-8H2,1H3,(H,21,23)/t10-,11-,15?/m0/s1. The number of amides is 2. The lowest BCUT2D eigenvalue weighted by atomic mass is 9.92. The Kier molecular flexibility index (Phi) is 5.33. The van der Waals surface area contributed by atoms with E-state index in [0.717, 1.165) is 19.4 Å². The second kappa shape index (κ2) is 7.30. The van der Waals surface area contributed by atoms with Gasteiger partial charge in [-0.2, -0.15) is 0 Å². The minimum atomic E-state index is -0.461. The molecule has 1 unspecified atom stereocenters. The van der Waals surface area contributed by atoms with Gasteiger partial charge in [0.05, 0.1) is 10.0 Å². The van der Waals surface area contributed by atoms with E-state index in [2.05, 4.69) is 17.6 Å². The lowest BCUT2D eigenvalue weighted by Crippen LogP contribution is -2.47. The average Bonchev–Trinajstić information content (AvgIpc) is 2.91. The zero-order valence-corrected chi connectivity index (χ0v) is 15.0. The summed E-state index contributed by atoms with van der Waals surface area (Å²) < 4.78 is 0. The second-order valence-electron chi connectivity index (χ2n) is 6.51. The van der Waals surface area contributed by atoms with E-state index in [1.807, 2.05) is 0 Å². The molecule has 5 nitrogen and oxygen atoms in total. The first-order valence-electron chi connectivity index (χ1n) is 8.26. The molecule has 2 fully saturated rings. The van der Waals surface area contributed by atoms with Gasteiger partial charge in [-0.15, -0.1) is 0 Å². The summed E-state index contributed by atoms with van der Waals surface area (Å²) in [5.74, 6) is -0.130. The molecule has 2 aliphatic heterocycles. The molecular formula is C17H21Cl2N3O2. The Bertz CT molecular complexity index is 653. The molecule has 2 N–H and O–H groups in total. The van der Waals surface area contributed by atoms with Crippen LogP contribution in [0, 0.1) is 5.92 Å². The summed E-state index contributed by atoms with van der Waals surface area (Å²) in [6.07, 6.45) is 2.22. The van der Waals surface area contributed by atoms with Gasteiger partial charge in [-0.25, -0.2) is 0 Å². The smallest absolute Gasteiger partial charge is 0.249 e. The average molecular weight is 370 g/mol. The molecule has 2 heterocycles. The molecule has 2 amide bonds. The fourth-order valence-electron chi connectivity index (χ4n) is 3.38. The molecule has 0 saturated carbocycles. The van der Waals surface area contributed by atoms with Gasteiger partial charge in [-0.1, -0.05) is 23.2 Å². The fourth-order valence-corrected chi connectivity index (χ4v) is 3.68. The van der Waals surface area contributed by atoms with Crippen LogP contribution in [-0.2, 0) is 9.59 Å². The minimum absolute atomic E-state index is 0.0160. The van der Waals surface area contributed by atoms with E-state index in [1.54, 1.807) is 23.1 Å². The number of rotatable bonds is 3. The van der Waals surface area contributed by atoms with E-state index < -0.39 is 6.04 Å². The van der Waals surface area contributed by atoms with Crippen LogP contribution in [-0.4, -0.2) is 37.0 Å². The number of hydrogen-bond acceptors (Lipinski definition) is 3. The van der Waals surface area contributed by atoms with E-state index in [9.17, 15) is 9.59 Å². The van der Waals surface area contributed by atoms with Gasteiger partial charge in [-0.05, 0) is 50.9 Å². The largest absolute Gasteiger partial charge is 0.344 e. The number of hydrogen-bond donors (Lipinski definition) is 2. The van der Waals surface area contributed by atoms with Crippen molar-refractivity contribution < 1.29 is 9.59 Å². The summed E-state index contributed by atoms with van der Waals surface area (Å²) in [5, 5.41) is 7.13. The highest BCUT2D eigenvalue weighted by molar-refractivity contribution is 6.42. The van der Waals surface area contributed by atoms with Crippen LogP contribution >= 0.6 is 23.2 Å². The van der Waals surface area contributed by atoms with Gasteiger partial charge in [0.2, 0.25) is 11.8 Å². The lowest BCUT2D eigenvalue weighted by molar-refractivity contribution is -0.130. The number of piperidine rings is 1. The van der Waals surface area contributed by atoms with Crippen molar-refractivity contribution in [3.05, 3.63) is 28.2 Å². The molecule has 0 aromatic heterocycles. The molecule has 2 saturated heterocycles. The Labute approximate surface area is 151 Å². The molecule has 0 spiro atoms. The first-order valence-corrected chi connectivity index (χ1v) is 9.01. The molecule has 2 aliphatic rings. The predicted octanol–water partition coefficient (Wildman–Crippen LogP) is 2.60. The number of nitrogens with zero attached hydrogens (tertiary/aromatic N) is 1. The molecule has 3 atom stereocenters. The molecule has 7 heteroatoms. The highest BCUT2D eigenvalue weighted by Gasteiger charge is 2.35. The van der Waals surface area contributed by atoms with Crippen molar-refractivity contribution >= 4 is 40.7 Å². The minimum Gasteiger partial charge on any atom is -0.344 e. The molecule has 0 aliphatic carbocycles. The van der Waals surface area contributed by atoms with Crippen LogP contribution in [0.25, 0.3) is 0 Å². The number of carbonyl (C=O) groups excluding carboxylic acids is 2. The topological polar surface area (TPSA) is 61.4 Å². The predicted molar refractivity (Wildman–Crippen MR) is 95.6 cm³/mol. The van der Waals surface area contributed by atoms with Crippen molar-refractivity contribution in [3.63, 3.8) is 0 Å². The molecule has 1 aromatic rings. The van der Waals surface area contributed by atoms with Gasteiger partial charge in [0.1, 0.15) is 6.04 Å². The van der Waals surface area contributed by atoms with Gasteiger partial charge in [0.15, 0.2) is 0 Å². The van der Waals surface area contributed by atoms with Gasteiger partial charge in [0, 0.05) is 24.2 Å². The van der Waals surface area contributed by atoms with Crippen LogP contribution in [0.2, 0.25) is 10.0 Å². The Morgan fingerprint density at radius 1 is 1.29 bits per heavy atom. The monoisotopic (exact) mass is 369 g/mol. The summed E-state index contributed by atoms with van der Waals surface area (Å²) >= 11 is 12.0. The van der Waals surface area contributed by atoms with E-state index >= 15 is 0 Å². The SMILES string of the molecule is C[C@H]1C[C@@H](C(=O)NC2CCN(c3ccc(Cl)c(Cl)c3)C2=O)CCN1. The molecule has 1 aromatic carbocycles. The summed E-state index contributed by atoms with van der Waals surface area (Å²) in [6.45, 7) is 3.48. The summed E-state index contributed by atoms with van der Waals surface area (Å²) in [5.41, 5.74) is 0.710. The van der Waals surface area contributed by atoms with Crippen LogP contribution in [0.3, 0.4) is 0 Å². The highest BCUT2D eigenvalue weighted by atomic mass is 35.5. The third-order valence-electron chi connectivity index (χ3n) is 4.73. The fraction of sp³-hybridized carbons (Fsp3) is 0.529. The van der Waals surface area contributed by atoms with Crippen LogP contribution < -0.4 is 15.5 Å². The lowest BCUT2D eigenvalue weighted by Gasteiger charge is -2.28. The molecule has 3 rings (SSSR count). The van der Waals surface area contributed by atoms with Crippen LogP contribution in [0.4, 0.5) is 5.69 Å². The number of benzene rings is 1. The van der Waals surface area contributed by atoms with Crippen LogP contribution in [0.15, 0.2) is 18.2 Å². The number of halogens is 2. The van der Waals surface area contributed by atoms with Crippen molar-refractivity contribution in [2.45, 2.75) is 38.3 Å². The molecular weight excluding hydrogens is 349 g/mol. The van der Waals surface area contributed by atoms with E-state index in [0.29, 0.717) is 34.7 Å². The van der Waals surface area contributed by atoms with Gasteiger partial charge in [-0.3, -0.25) is 9.59 Å². The Morgan fingerprint density at radius 2 is 2.08 bits per heavy atom. The van der Waals surface area contributed by atoms with Gasteiger partial charge in [0.25, 0.3) is 0 Å². The Balaban J connectivity index is 1.63. The summed E-state index contributed by atoms with van der Waals surface area (Å²) in [7, 11) is 0. The molecule has 0 bridgehead atoms. The van der Waals surface area contributed by atoms with Crippen LogP contribution in [0.1, 0.15) is 26.2 Å². The number of nitrogens with one attached hydrogen (secondary N) is 2. The van der Waals surface area contributed by atoms with Crippen molar-refractivity contribution in [2.75, 3.05) is 18.0 Å². The first-order chi connectivity index (χ1) is 11.5. The first kappa shape index (κ1) is 17.5. The summed E-state index contributed by atoms with van der Waals surface area (Å²) in [6, 6.07) is 5.00. The van der Waals surface area contributed by atoms with Gasteiger partial charge >= 0.3 is 0 Å². The summed E-state index contributed by atoms with van der Waals surface area (Å²) in [4.78, 5) is 26.7. The maximum atomic E-state index is 12.6.